The van der Waals surface area contributed by atoms with Crippen LogP contribution in [-0.2, 0) is 5.41 Å². The Hall–Kier alpha value is -3.14. The highest BCUT2D eigenvalue weighted by atomic mass is 16.5. The lowest BCUT2D eigenvalue weighted by Crippen LogP contribution is -2.39. The van der Waals surface area contributed by atoms with Crippen LogP contribution in [0.1, 0.15) is 59.4 Å². The Bertz CT molecular complexity index is 1290. The second-order valence-corrected chi connectivity index (χ2v) is 9.51. The fraction of sp³-hybridized carbons (Fsp3) is 0.407. The fourth-order valence-corrected chi connectivity index (χ4v) is 5.27. The first-order chi connectivity index (χ1) is 15.9. The minimum Gasteiger partial charge on any atom is -0.490 e. The lowest BCUT2D eigenvalue weighted by Gasteiger charge is -2.34. The Labute approximate surface area is 194 Å². The molecule has 0 unspecified atom stereocenters. The van der Waals surface area contributed by atoms with E-state index in [1.165, 1.54) is 0 Å². The number of carbonyl (C=O) groups excluding carboxylic acids is 1. The van der Waals surface area contributed by atoms with Crippen molar-refractivity contribution in [3.63, 3.8) is 0 Å². The molecule has 0 atom stereocenters. The van der Waals surface area contributed by atoms with E-state index in [1.54, 1.807) is 7.05 Å². The summed E-state index contributed by atoms with van der Waals surface area (Å²) < 4.78 is 6.34. The van der Waals surface area contributed by atoms with Gasteiger partial charge in [0.2, 0.25) is 0 Å². The largest absolute Gasteiger partial charge is 0.490 e. The van der Waals surface area contributed by atoms with Gasteiger partial charge in [0.1, 0.15) is 17.4 Å². The summed E-state index contributed by atoms with van der Waals surface area (Å²) in [5, 5.41) is 10.1. The third kappa shape index (κ3) is 3.72. The monoisotopic (exact) mass is 444 g/mol. The van der Waals surface area contributed by atoms with Gasteiger partial charge in [0.25, 0.3) is 7.05 Å². The number of aromatic nitrogens is 1. The van der Waals surface area contributed by atoms with Gasteiger partial charge in [-0.15, -0.1) is 0 Å². The second kappa shape index (κ2) is 8.33. The number of aromatic amines is 1. The maximum absolute atomic E-state index is 13.6. The molecule has 1 fully saturated rings. The van der Waals surface area contributed by atoms with Gasteiger partial charge in [-0.2, -0.15) is 0 Å². The van der Waals surface area contributed by atoms with Crippen molar-refractivity contribution in [2.75, 3.05) is 33.3 Å². The van der Waals surface area contributed by atoms with Gasteiger partial charge < -0.3 is 19.7 Å². The molecule has 2 N–H and O–H groups in total. The number of carbonyl (C=O) groups is 1. The molecule has 1 saturated heterocycles. The van der Waals surface area contributed by atoms with E-state index in [0.29, 0.717) is 0 Å². The molecule has 33 heavy (non-hydrogen) atoms. The maximum Gasteiger partial charge on any atom is 0.310 e. The number of nitrogens with one attached hydrogen (secondary N) is 1. The average Bonchev–Trinajstić information content (AvgIpc) is 3.20. The first-order valence-electron chi connectivity index (χ1n) is 11.6. The number of hydrogen-bond donors (Lipinski definition) is 2. The number of benzene rings is 2. The minimum atomic E-state index is -0.371. The number of likely N-dealkylation sites (tertiary alicyclic amines) is 1. The molecule has 0 amide bonds. The van der Waals surface area contributed by atoms with Crippen LogP contribution in [0.2, 0.25) is 0 Å². The van der Waals surface area contributed by atoms with Crippen LogP contribution in [0.25, 0.3) is 15.7 Å². The summed E-state index contributed by atoms with van der Waals surface area (Å²) in [5.41, 5.74) is 4.86. The molecule has 0 radical (unpaired) electrons. The van der Waals surface area contributed by atoms with Crippen molar-refractivity contribution >= 4 is 16.7 Å². The van der Waals surface area contributed by atoms with E-state index in [2.05, 4.69) is 34.6 Å². The lowest BCUT2D eigenvalue weighted by atomic mass is 9.71. The summed E-state index contributed by atoms with van der Waals surface area (Å²) in [6, 6.07) is 14.8. The van der Waals surface area contributed by atoms with Gasteiger partial charge in [-0.25, -0.2) is 0 Å². The number of rotatable bonds is 4. The highest BCUT2D eigenvalue weighted by Crippen LogP contribution is 2.44. The summed E-state index contributed by atoms with van der Waals surface area (Å²) in [4.78, 5) is 23.3. The smallest absolute Gasteiger partial charge is 0.310 e. The predicted molar refractivity (Wildman–Crippen MR) is 130 cm³/mol. The normalized spacial score (nSPS) is 17.9. The van der Waals surface area contributed by atoms with Crippen molar-refractivity contribution in [2.24, 2.45) is 0 Å². The van der Waals surface area contributed by atoms with Crippen LogP contribution in [0.4, 0.5) is 0 Å². The van der Waals surface area contributed by atoms with Crippen LogP contribution in [0.5, 0.6) is 5.75 Å². The molecular weight excluding hydrogens is 414 g/mol. The molecule has 1 aliphatic heterocycles. The van der Waals surface area contributed by atoms with E-state index in [0.717, 1.165) is 77.1 Å². The second-order valence-electron chi connectivity index (χ2n) is 9.51. The molecular formula is C27H30N3O3+. The highest BCUT2D eigenvalue weighted by Gasteiger charge is 2.40. The van der Waals surface area contributed by atoms with Crippen molar-refractivity contribution in [3.8, 4) is 11.8 Å². The van der Waals surface area contributed by atoms with E-state index in [1.807, 2.05) is 36.4 Å². The van der Waals surface area contributed by atoms with Crippen LogP contribution in [-0.4, -0.2) is 60.2 Å². The van der Waals surface area contributed by atoms with Gasteiger partial charge in [-0.3, -0.25) is 4.79 Å². The molecule has 2 aliphatic rings. The Balaban J connectivity index is 1.47. The van der Waals surface area contributed by atoms with Crippen LogP contribution in [0.15, 0.2) is 36.4 Å². The third-order valence-electron chi connectivity index (χ3n) is 7.05. The topological polar surface area (TPSA) is 69.9 Å². The number of ether oxygens (including phenoxy) is 1. The van der Waals surface area contributed by atoms with Gasteiger partial charge in [0.15, 0.2) is 5.78 Å². The molecule has 170 valence electrons. The number of piperidine rings is 1. The Kier molecular flexibility index (Phi) is 5.48. The first kappa shape index (κ1) is 21.7. The van der Waals surface area contributed by atoms with Crippen molar-refractivity contribution < 1.29 is 14.6 Å². The van der Waals surface area contributed by atoms with E-state index < -0.39 is 0 Å². The fourth-order valence-electron chi connectivity index (χ4n) is 5.27. The summed E-state index contributed by atoms with van der Waals surface area (Å²) >= 11 is 0. The number of nitrogens with zero attached hydrogens (tertiary/aromatic N) is 2. The molecule has 2 aromatic carbocycles. The van der Waals surface area contributed by atoms with Gasteiger partial charge in [0, 0.05) is 47.2 Å². The zero-order valence-electron chi connectivity index (χ0n) is 19.4. The van der Waals surface area contributed by atoms with E-state index in [9.17, 15) is 4.79 Å². The number of fused-ring (bicyclic) bond motifs is 4. The van der Waals surface area contributed by atoms with Gasteiger partial charge >= 0.3 is 6.07 Å². The molecule has 0 bridgehead atoms. The van der Waals surface area contributed by atoms with Crippen molar-refractivity contribution in [3.05, 3.63) is 69.2 Å². The molecule has 5 rings (SSSR count). The standard InChI is InChI=1S/C27H29N3O3/c1-27(2)22-15-19(33-18-8-10-30(11-9-18)12-13-31)5-7-20(22)25(32)24-21-6-4-17(16-28-3)14-23(21)29-26(24)27/h4-7,14-15,18,31H,8-13H2,1-3H3/p+1. The Morgan fingerprint density at radius 2 is 2.00 bits per heavy atom. The van der Waals surface area contributed by atoms with Crippen LogP contribution >= 0.6 is 0 Å². The van der Waals surface area contributed by atoms with E-state index >= 15 is 0 Å². The number of aliphatic hydroxyl groups excluding tert-OH is 1. The van der Waals surface area contributed by atoms with Crippen LogP contribution in [0, 0.1) is 6.07 Å². The molecule has 0 spiro atoms. The molecule has 1 aromatic heterocycles. The molecule has 6 nitrogen and oxygen atoms in total. The first-order valence-corrected chi connectivity index (χ1v) is 11.6. The zero-order chi connectivity index (χ0) is 23.2. The SMILES string of the molecule is C[N+]#Cc1ccc2c3c([nH]c2c1)C(C)(C)c1cc(OC2CCN(CCO)CC2)ccc1C3=O. The third-order valence-corrected chi connectivity index (χ3v) is 7.05. The summed E-state index contributed by atoms with van der Waals surface area (Å²) in [7, 11) is 1.70. The zero-order valence-corrected chi connectivity index (χ0v) is 19.4. The number of hydrogen-bond acceptors (Lipinski definition) is 4. The molecule has 3 aromatic rings. The maximum atomic E-state index is 13.6. The van der Waals surface area contributed by atoms with Crippen LogP contribution < -0.4 is 4.74 Å². The van der Waals surface area contributed by atoms with Crippen molar-refractivity contribution in [2.45, 2.75) is 38.2 Å². The van der Waals surface area contributed by atoms with Crippen molar-refractivity contribution in [1.82, 2.24) is 9.88 Å². The van der Waals surface area contributed by atoms with Gasteiger partial charge in [0.05, 0.1) is 12.2 Å². The Morgan fingerprint density at radius 1 is 1.21 bits per heavy atom. The summed E-state index contributed by atoms with van der Waals surface area (Å²) in [6.45, 7) is 7.09. The molecule has 2 heterocycles. The molecule has 6 heteroatoms. The van der Waals surface area contributed by atoms with Gasteiger partial charge in [-0.1, -0.05) is 24.8 Å². The summed E-state index contributed by atoms with van der Waals surface area (Å²) in [5.74, 6) is 0.862. The van der Waals surface area contributed by atoms with Gasteiger partial charge in [-0.05, 0) is 48.7 Å². The summed E-state index contributed by atoms with van der Waals surface area (Å²) in [6.07, 6.45) is 2.02. The number of H-pyrrole nitrogens is 1. The van der Waals surface area contributed by atoms with Crippen molar-refractivity contribution in [1.29, 1.82) is 0 Å². The predicted octanol–water partition coefficient (Wildman–Crippen LogP) is 4.18. The number of β-amino-alcohol motifs (C(OH)–C–C–N with tert-alkyl or cyclic N) is 1. The number of ketones is 1. The van der Waals surface area contributed by atoms with Crippen LogP contribution in [0.3, 0.4) is 0 Å². The number of aliphatic hydroxyl groups is 1. The average molecular weight is 445 g/mol. The minimum absolute atomic E-state index is 0.0512. The molecule has 0 saturated carbocycles. The lowest BCUT2D eigenvalue weighted by molar-refractivity contribution is 0.0887. The van der Waals surface area contributed by atoms with E-state index in [4.69, 9.17) is 9.84 Å². The van der Waals surface area contributed by atoms with E-state index in [-0.39, 0.29) is 23.9 Å². The quantitative estimate of drug-likeness (QED) is 0.633. The Morgan fingerprint density at radius 3 is 2.73 bits per heavy atom. The molecule has 1 aliphatic carbocycles. The highest BCUT2D eigenvalue weighted by molar-refractivity contribution is 6.20.